The minimum Gasteiger partial charge on any atom is -0.433 e. The summed E-state index contributed by atoms with van der Waals surface area (Å²) in [6.45, 7) is -3.00. The van der Waals surface area contributed by atoms with Gasteiger partial charge in [-0.15, -0.1) is 0 Å². The SMILES string of the molecule is O=C(Nc1ccc(Cl)c(OC(F)F)c1)C1(O)CCCC1. The molecular formula is C13H14ClF2NO3. The summed E-state index contributed by atoms with van der Waals surface area (Å²) in [5, 5.41) is 12.6. The van der Waals surface area contributed by atoms with Gasteiger partial charge in [0.2, 0.25) is 0 Å². The van der Waals surface area contributed by atoms with E-state index in [0.29, 0.717) is 12.8 Å². The number of ether oxygens (including phenoxy) is 1. The number of anilines is 1. The average Bonchev–Trinajstić information content (AvgIpc) is 2.81. The third-order valence-corrected chi connectivity index (χ3v) is 3.57. The van der Waals surface area contributed by atoms with Gasteiger partial charge in [-0.1, -0.05) is 11.6 Å². The topological polar surface area (TPSA) is 58.6 Å². The zero-order valence-corrected chi connectivity index (χ0v) is 11.3. The maximum Gasteiger partial charge on any atom is 0.387 e. The molecule has 0 unspecified atom stereocenters. The summed E-state index contributed by atoms with van der Waals surface area (Å²) < 4.78 is 28.6. The highest BCUT2D eigenvalue weighted by molar-refractivity contribution is 6.32. The van der Waals surface area contributed by atoms with E-state index in [1.54, 1.807) is 0 Å². The molecule has 0 saturated heterocycles. The summed E-state index contributed by atoms with van der Waals surface area (Å²) in [5.74, 6) is -0.766. The Morgan fingerprint density at radius 3 is 2.65 bits per heavy atom. The predicted molar refractivity (Wildman–Crippen MR) is 70.1 cm³/mol. The molecule has 1 aromatic carbocycles. The Balaban J connectivity index is 2.11. The normalized spacial score (nSPS) is 17.2. The Morgan fingerprint density at radius 2 is 2.05 bits per heavy atom. The second-order valence-corrected chi connectivity index (χ2v) is 5.12. The average molecular weight is 306 g/mol. The van der Waals surface area contributed by atoms with Crippen molar-refractivity contribution in [3.05, 3.63) is 23.2 Å². The molecule has 0 spiro atoms. The lowest BCUT2D eigenvalue weighted by Crippen LogP contribution is -2.40. The summed E-state index contributed by atoms with van der Waals surface area (Å²) in [6.07, 6.45) is 2.36. The Kier molecular flexibility index (Phi) is 4.45. The van der Waals surface area contributed by atoms with E-state index in [2.05, 4.69) is 10.1 Å². The van der Waals surface area contributed by atoms with Gasteiger partial charge in [-0.25, -0.2) is 0 Å². The van der Waals surface area contributed by atoms with E-state index in [-0.39, 0.29) is 16.5 Å². The van der Waals surface area contributed by atoms with Gasteiger partial charge in [0.15, 0.2) is 0 Å². The molecule has 0 radical (unpaired) electrons. The highest BCUT2D eigenvalue weighted by Gasteiger charge is 2.38. The van der Waals surface area contributed by atoms with Gasteiger partial charge in [-0.2, -0.15) is 8.78 Å². The van der Waals surface area contributed by atoms with Crippen molar-refractivity contribution in [2.24, 2.45) is 0 Å². The zero-order chi connectivity index (χ0) is 14.8. The highest BCUT2D eigenvalue weighted by atomic mass is 35.5. The van der Waals surface area contributed by atoms with E-state index >= 15 is 0 Å². The van der Waals surface area contributed by atoms with Gasteiger partial charge in [-0.3, -0.25) is 4.79 Å². The molecule has 1 amide bonds. The third kappa shape index (κ3) is 3.37. The maximum absolute atomic E-state index is 12.2. The second-order valence-electron chi connectivity index (χ2n) is 4.72. The Bertz CT molecular complexity index is 504. The van der Waals surface area contributed by atoms with Crippen LogP contribution in [0.25, 0.3) is 0 Å². The van der Waals surface area contributed by atoms with Gasteiger partial charge < -0.3 is 15.2 Å². The minimum absolute atomic E-state index is 0.0166. The molecule has 1 aromatic rings. The van der Waals surface area contributed by atoms with E-state index in [1.165, 1.54) is 18.2 Å². The van der Waals surface area contributed by atoms with E-state index in [0.717, 1.165) is 12.8 Å². The van der Waals surface area contributed by atoms with Gasteiger partial charge in [0.25, 0.3) is 5.91 Å². The van der Waals surface area contributed by atoms with Crippen LogP contribution in [0.15, 0.2) is 18.2 Å². The van der Waals surface area contributed by atoms with E-state index < -0.39 is 18.1 Å². The number of amides is 1. The fraction of sp³-hybridized carbons (Fsp3) is 0.462. The fourth-order valence-electron chi connectivity index (χ4n) is 2.20. The van der Waals surface area contributed by atoms with Crippen molar-refractivity contribution in [1.29, 1.82) is 0 Å². The first kappa shape index (κ1) is 15.0. The van der Waals surface area contributed by atoms with E-state index in [4.69, 9.17) is 11.6 Å². The minimum atomic E-state index is -3.00. The standard InChI is InChI=1S/C13H14ClF2NO3/c14-9-4-3-8(7-10(9)20-12(15)16)17-11(18)13(19)5-1-2-6-13/h3-4,7,12,19H,1-2,5-6H2,(H,17,18). The molecule has 2 N–H and O–H groups in total. The molecule has 0 atom stereocenters. The number of carbonyl (C=O) groups excluding carboxylic acids is 1. The van der Waals surface area contributed by atoms with Crippen LogP contribution in [0.1, 0.15) is 25.7 Å². The molecule has 4 nitrogen and oxygen atoms in total. The smallest absolute Gasteiger partial charge is 0.387 e. The van der Waals surface area contributed by atoms with Crippen molar-refractivity contribution in [1.82, 2.24) is 0 Å². The molecule has 1 fully saturated rings. The van der Waals surface area contributed by atoms with Crippen LogP contribution < -0.4 is 10.1 Å². The second kappa shape index (κ2) is 5.93. The first-order chi connectivity index (χ1) is 9.40. The largest absolute Gasteiger partial charge is 0.433 e. The van der Waals surface area contributed by atoms with Crippen LogP contribution in [-0.2, 0) is 4.79 Å². The highest BCUT2D eigenvalue weighted by Crippen LogP contribution is 2.32. The van der Waals surface area contributed by atoms with Crippen LogP contribution in [0, 0.1) is 0 Å². The molecule has 0 aliphatic heterocycles. The summed E-state index contributed by atoms with van der Waals surface area (Å²) in [6, 6.07) is 4.00. The van der Waals surface area contributed by atoms with Crippen LogP contribution in [0.5, 0.6) is 5.75 Å². The first-order valence-electron chi connectivity index (χ1n) is 6.19. The number of carbonyl (C=O) groups is 1. The number of alkyl halides is 2. The quantitative estimate of drug-likeness (QED) is 0.898. The molecule has 110 valence electrons. The van der Waals surface area contributed by atoms with E-state index in [9.17, 15) is 18.7 Å². The van der Waals surface area contributed by atoms with Gasteiger partial charge in [0, 0.05) is 11.8 Å². The molecule has 0 bridgehead atoms. The van der Waals surface area contributed by atoms with Crippen molar-refractivity contribution < 1.29 is 23.4 Å². The van der Waals surface area contributed by atoms with Gasteiger partial charge in [-0.05, 0) is 37.8 Å². The number of nitrogens with one attached hydrogen (secondary N) is 1. The molecule has 1 saturated carbocycles. The maximum atomic E-state index is 12.2. The molecule has 0 heterocycles. The van der Waals surface area contributed by atoms with Crippen molar-refractivity contribution in [2.45, 2.75) is 37.9 Å². The Labute approximate surface area is 119 Å². The van der Waals surface area contributed by atoms with Crippen LogP contribution >= 0.6 is 11.6 Å². The lowest BCUT2D eigenvalue weighted by atomic mass is 10.0. The van der Waals surface area contributed by atoms with Crippen molar-refractivity contribution in [3.8, 4) is 5.75 Å². The Morgan fingerprint density at radius 1 is 1.40 bits per heavy atom. The van der Waals surface area contributed by atoms with Crippen molar-refractivity contribution >= 4 is 23.2 Å². The van der Waals surface area contributed by atoms with Crippen LogP contribution in [0.3, 0.4) is 0 Å². The lowest BCUT2D eigenvalue weighted by molar-refractivity contribution is -0.133. The van der Waals surface area contributed by atoms with Gasteiger partial charge in [0.05, 0.1) is 5.02 Å². The summed E-state index contributed by atoms with van der Waals surface area (Å²) in [5.41, 5.74) is -1.14. The molecule has 20 heavy (non-hydrogen) atoms. The molecule has 1 aliphatic rings. The van der Waals surface area contributed by atoms with E-state index in [1.807, 2.05) is 0 Å². The fourth-order valence-corrected chi connectivity index (χ4v) is 2.36. The number of hydrogen-bond donors (Lipinski definition) is 2. The summed E-state index contributed by atoms with van der Waals surface area (Å²) in [4.78, 5) is 12.0. The number of halogens is 3. The molecule has 0 aromatic heterocycles. The van der Waals surface area contributed by atoms with Crippen LogP contribution in [-0.4, -0.2) is 23.2 Å². The molecule has 2 rings (SSSR count). The summed E-state index contributed by atoms with van der Waals surface area (Å²) in [7, 11) is 0. The predicted octanol–water partition coefficient (Wildman–Crippen LogP) is 3.19. The third-order valence-electron chi connectivity index (χ3n) is 3.26. The van der Waals surface area contributed by atoms with Gasteiger partial charge in [0.1, 0.15) is 11.4 Å². The number of hydrogen-bond acceptors (Lipinski definition) is 3. The molecule has 7 heteroatoms. The summed E-state index contributed by atoms with van der Waals surface area (Å²) >= 11 is 5.71. The molecule has 1 aliphatic carbocycles. The monoisotopic (exact) mass is 305 g/mol. The zero-order valence-electron chi connectivity index (χ0n) is 10.5. The van der Waals surface area contributed by atoms with Crippen molar-refractivity contribution in [2.75, 3.05) is 5.32 Å². The van der Waals surface area contributed by atoms with Crippen LogP contribution in [0.2, 0.25) is 5.02 Å². The van der Waals surface area contributed by atoms with Crippen LogP contribution in [0.4, 0.5) is 14.5 Å². The van der Waals surface area contributed by atoms with Crippen molar-refractivity contribution in [3.63, 3.8) is 0 Å². The number of benzene rings is 1. The Hall–Kier alpha value is -1.40. The molecular weight excluding hydrogens is 292 g/mol. The number of rotatable bonds is 4. The lowest BCUT2D eigenvalue weighted by Gasteiger charge is -2.21. The first-order valence-corrected chi connectivity index (χ1v) is 6.57. The number of aliphatic hydroxyl groups is 1. The van der Waals surface area contributed by atoms with Gasteiger partial charge >= 0.3 is 6.61 Å².